The minimum Gasteiger partial charge on any atom is -0.326 e. The van der Waals surface area contributed by atoms with Gasteiger partial charge in [-0.05, 0) is 43.5 Å². The second kappa shape index (κ2) is 4.96. The Balaban J connectivity index is 2.73. The monoisotopic (exact) mass is 205 g/mol. The van der Waals surface area contributed by atoms with Crippen molar-refractivity contribution in [1.82, 2.24) is 0 Å². The maximum atomic E-state index is 11.6. The minimum atomic E-state index is 0.0756. The van der Waals surface area contributed by atoms with Crippen LogP contribution < -0.4 is 5.32 Å². The molecule has 0 spiro atoms. The van der Waals surface area contributed by atoms with Gasteiger partial charge in [-0.3, -0.25) is 4.79 Å². The quantitative estimate of drug-likeness (QED) is 0.806. The number of nitrogens with one attached hydrogen (secondary N) is 1. The Morgan fingerprint density at radius 3 is 2.53 bits per heavy atom. The summed E-state index contributed by atoms with van der Waals surface area (Å²) in [5.41, 5.74) is 3.34. The summed E-state index contributed by atoms with van der Waals surface area (Å²) in [4.78, 5) is 11.6. The smallest absolute Gasteiger partial charge is 0.227 e. The van der Waals surface area contributed by atoms with Gasteiger partial charge in [-0.15, -0.1) is 0 Å². The lowest BCUT2D eigenvalue weighted by atomic mass is 10.1. The zero-order valence-corrected chi connectivity index (χ0v) is 9.92. The van der Waals surface area contributed by atoms with Gasteiger partial charge in [0.1, 0.15) is 0 Å². The van der Waals surface area contributed by atoms with Crippen LogP contribution in [0.15, 0.2) is 18.2 Å². The molecule has 0 radical (unpaired) electrons. The van der Waals surface area contributed by atoms with E-state index in [-0.39, 0.29) is 11.8 Å². The van der Waals surface area contributed by atoms with Crippen molar-refractivity contribution in [2.45, 2.75) is 34.1 Å². The fourth-order valence-electron chi connectivity index (χ4n) is 1.27. The van der Waals surface area contributed by atoms with Crippen molar-refractivity contribution in [3.8, 4) is 0 Å². The standard InChI is InChI=1S/C13H19NO/c1-5-9(2)13(15)14-12-7-6-10(3)11(4)8-12/h6-9H,5H2,1-4H3,(H,14,15). The summed E-state index contributed by atoms with van der Waals surface area (Å²) in [6.07, 6.45) is 0.872. The summed E-state index contributed by atoms with van der Waals surface area (Å²) in [7, 11) is 0. The predicted molar refractivity (Wildman–Crippen MR) is 64.0 cm³/mol. The zero-order valence-electron chi connectivity index (χ0n) is 9.92. The fourth-order valence-corrected chi connectivity index (χ4v) is 1.27. The second-order valence-corrected chi connectivity index (χ2v) is 4.10. The van der Waals surface area contributed by atoms with E-state index in [2.05, 4.69) is 12.2 Å². The van der Waals surface area contributed by atoms with Gasteiger partial charge >= 0.3 is 0 Å². The van der Waals surface area contributed by atoms with Gasteiger partial charge in [-0.25, -0.2) is 0 Å². The molecule has 1 unspecified atom stereocenters. The van der Waals surface area contributed by atoms with Crippen molar-refractivity contribution in [2.75, 3.05) is 5.32 Å². The number of anilines is 1. The van der Waals surface area contributed by atoms with E-state index in [1.165, 1.54) is 11.1 Å². The van der Waals surface area contributed by atoms with Crippen LogP contribution >= 0.6 is 0 Å². The molecule has 0 saturated carbocycles. The molecule has 0 aromatic heterocycles. The average Bonchev–Trinajstić information content (AvgIpc) is 2.22. The Bertz CT molecular complexity index is 358. The van der Waals surface area contributed by atoms with E-state index in [0.29, 0.717) is 0 Å². The van der Waals surface area contributed by atoms with Crippen LogP contribution in [-0.4, -0.2) is 5.91 Å². The third kappa shape index (κ3) is 3.08. The first-order chi connectivity index (χ1) is 7.04. The molecule has 0 bridgehead atoms. The predicted octanol–water partition coefficient (Wildman–Crippen LogP) is 3.29. The highest BCUT2D eigenvalue weighted by Gasteiger charge is 2.10. The van der Waals surface area contributed by atoms with Crippen LogP contribution in [0.2, 0.25) is 0 Å². The Labute approximate surface area is 91.7 Å². The van der Waals surface area contributed by atoms with E-state index in [1.807, 2.05) is 39.0 Å². The number of hydrogen-bond donors (Lipinski definition) is 1. The highest BCUT2D eigenvalue weighted by Crippen LogP contribution is 2.15. The van der Waals surface area contributed by atoms with E-state index in [4.69, 9.17) is 0 Å². The molecule has 0 aliphatic carbocycles. The summed E-state index contributed by atoms with van der Waals surface area (Å²) >= 11 is 0. The molecule has 1 rings (SSSR count). The largest absolute Gasteiger partial charge is 0.326 e. The molecular formula is C13H19NO. The Hall–Kier alpha value is -1.31. The molecule has 1 atom stereocenters. The highest BCUT2D eigenvalue weighted by atomic mass is 16.1. The van der Waals surface area contributed by atoms with Crippen LogP contribution in [0.4, 0.5) is 5.69 Å². The molecule has 2 heteroatoms. The number of rotatable bonds is 3. The van der Waals surface area contributed by atoms with Crippen molar-refractivity contribution in [2.24, 2.45) is 5.92 Å². The lowest BCUT2D eigenvalue weighted by Crippen LogP contribution is -2.19. The summed E-state index contributed by atoms with van der Waals surface area (Å²) in [5.74, 6) is 0.173. The third-order valence-corrected chi connectivity index (χ3v) is 2.83. The fraction of sp³-hybridized carbons (Fsp3) is 0.462. The van der Waals surface area contributed by atoms with Crippen molar-refractivity contribution in [3.63, 3.8) is 0 Å². The van der Waals surface area contributed by atoms with Crippen LogP contribution in [-0.2, 0) is 4.79 Å². The second-order valence-electron chi connectivity index (χ2n) is 4.10. The highest BCUT2D eigenvalue weighted by molar-refractivity contribution is 5.92. The number of carbonyl (C=O) groups is 1. The van der Waals surface area contributed by atoms with Crippen molar-refractivity contribution in [1.29, 1.82) is 0 Å². The van der Waals surface area contributed by atoms with Gasteiger partial charge in [0.05, 0.1) is 0 Å². The van der Waals surface area contributed by atoms with E-state index in [0.717, 1.165) is 12.1 Å². The van der Waals surface area contributed by atoms with Gasteiger partial charge < -0.3 is 5.32 Å². The third-order valence-electron chi connectivity index (χ3n) is 2.83. The Kier molecular flexibility index (Phi) is 3.89. The van der Waals surface area contributed by atoms with Gasteiger partial charge in [-0.1, -0.05) is 19.9 Å². The lowest BCUT2D eigenvalue weighted by Gasteiger charge is -2.11. The molecule has 1 aromatic carbocycles. The number of hydrogen-bond acceptors (Lipinski definition) is 1. The van der Waals surface area contributed by atoms with Crippen molar-refractivity contribution >= 4 is 11.6 Å². The molecular weight excluding hydrogens is 186 g/mol. The van der Waals surface area contributed by atoms with Gasteiger partial charge in [0.25, 0.3) is 0 Å². The van der Waals surface area contributed by atoms with Crippen molar-refractivity contribution in [3.05, 3.63) is 29.3 Å². The van der Waals surface area contributed by atoms with E-state index in [1.54, 1.807) is 0 Å². The summed E-state index contributed by atoms with van der Waals surface area (Å²) in [6.45, 7) is 8.07. The SMILES string of the molecule is CCC(C)C(=O)Nc1ccc(C)c(C)c1. The number of carbonyl (C=O) groups excluding carboxylic acids is 1. The van der Waals surface area contributed by atoms with Crippen LogP contribution in [0.25, 0.3) is 0 Å². The number of aryl methyl sites for hydroxylation is 2. The van der Waals surface area contributed by atoms with Crippen LogP contribution in [0, 0.1) is 19.8 Å². The zero-order chi connectivity index (χ0) is 11.4. The van der Waals surface area contributed by atoms with Gasteiger partial charge in [0.15, 0.2) is 0 Å². The molecule has 0 aliphatic rings. The van der Waals surface area contributed by atoms with Crippen LogP contribution in [0.5, 0.6) is 0 Å². The first-order valence-electron chi connectivity index (χ1n) is 5.42. The van der Waals surface area contributed by atoms with E-state index < -0.39 is 0 Å². The average molecular weight is 205 g/mol. The molecule has 0 fully saturated rings. The Morgan fingerprint density at radius 2 is 2.00 bits per heavy atom. The van der Waals surface area contributed by atoms with Gasteiger partial charge in [-0.2, -0.15) is 0 Å². The van der Waals surface area contributed by atoms with Crippen molar-refractivity contribution < 1.29 is 4.79 Å². The van der Waals surface area contributed by atoms with E-state index in [9.17, 15) is 4.79 Å². The summed E-state index contributed by atoms with van der Waals surface area (Å²) < 4.78 is 0. The number of amides is 1. The normalized spacial score (nSPS) is 12.3. The summed E-state index contributed by atoms with van der Waals surface area (Å²) in [6, 6.07) is 5.99. The minimum absolute atomic E-state index is 0.0756. The molecule has 0 heterocycles. The molecule has 2 nitrogen and oxygen atoms in total. The van der Waals surface area contributed by atoms with Crippen LogP contribution in [0.1, 0.15) is 31.4 Å². The number of benzene rings is 1. The molecule has 1 aromatic rings. The molecule has 1 amide bonds. The lowest BCUT2D eigenvalue weighted by molar-refractivity contribution is -0.119. The molecule has 15 heavy (non-hydrogen) atoms. The summed E-state index contributed by atoms with van der Waals surface area (Å²) in [5, 5.41) is 2.92. The first kappa shape index (κ1) is 11.8. The maximum absolute atomic E-state index is 11.6. The Morgan fingerprint density at radius 1 is 1.33 bits per heavy atom. The molecule has 0 saturated heterocycles. The molecule has 1 N–H and O–H groups in total. The maximum Gasteiger partial charge on any atom is 0.227 e. The van der Waals surface area contributed by atoms with E-state index >= 15 is 0 Å². The van der Waals surface area contributed by atoms with Gasteiger partial charge in [0, 0.05) is 11.6 Å². The van der Waals surface area contributed by atoms with Crippen LogP contribution in [0.3, 0.4) is 0 Å². The molecule has 82 valence electrons. The van der Waals surface area contributed by atoms with Gasteiger partial charge in [0.2, 0.25) is 5.91 Å². The molecule has 0 aliphatic heterocycles. The topological polar surface area (TPSA) is 29.1 Å². The first-order valence-corrected chi connectivity index (χ1v) is 5.42.